The summed E-state index contributed by atoms with van der Waals surface area (Å²) in [7, 11) is -4.57. The standard InChI is InChI=1S/C4H11NO2.C2H4O5S/c6-3-1-5-2-4-7;1-2(3)7-8(4,5)6/h5-7H,1-4H2;1H3,(H,4,5,6). The predicted octanol–water partition coefficient (Wildman–Crippen LogP) is -2.09. The van der Waals surface area contributed by atoms with Gasteiger partial charge in [-0.05, 0) is 0 Å². The van der Waals surface area contributed by atoms with Crippen molar-refractivity contribution in [3.63, 3.8) is 0 Å². The van der Waals surface area contributed by atoms with E-state index in [1.54, 1.807) is 0 Å². The molecule has 0 fully saturated rings. The molecule has 92 valence electrons. The second-order valence-electron chi connectivity index (χ2n) is 2.20. The van der Waals surface area contributed by atoms with Crippen LogP contribution in [0.4, 0.5) is 0 Å². The summed E-state index contributed by atoms with van der Waals surface area (Å²) in [6.07, 6.45) is 0. The highest BCUT2D eigenvalue weighted by Gasteiger charge is 2.06. The van der Waals surface area contributed by atoms with Crippen LogP contribution in [-0.4, -0.2) is 55.5 Å². The number of hydrogen-bond acceptors (Lipinski definition) is 7. The topological polar surface area (TPSA) is 133 Å². The lowest BCUT2D eigenvalue weighted by molar-refractivity contribution is -0.131. The summed E-state index contributed by atoms with van der Waals surface area (Å²) < 4.78 is 30.2. The van der Waals surface area contributed by atoms with E-state index in [0.717, 1.165) is 6.92 Å². The van der Waals surface area contributed by atoms with Gasteiger partial charge in [0, 0.05) is 20.0 Å². The molecule has 0 atom stereocenters. The van der Waals surface area contributed by atoms with Gasteiger partial charge in [-0.25, -0.2) is 0 Å². The highest BCUT2D eigenvalue weighted by atomic mass is 32.3. The monoisotopic (exact) mass is 245 g/mol. The molecule has 0 aromatic heterocycles. The van der Waals surface area contributed by atoms with E-state index in [1.807, 2.05) is 0 Å². The smallest absolute Gasteiger partial charge is 0.395 e. The van der Waals surface area contributed by atoms with Gasteiger partial charge in [0.2, 0.25) is 0 Å². The van der Waals surface area contributed by atoms with Crippen LogP contribution in [0.1, 0.15) is 6.92 Å². The van der Waals surface area contributed by atoms with Crippen molar-refractivity contribution in [1.82, 2.24) is 5.32 Å². The lowest BCUT2D eigenvalue weighted by atomic mass is 10.6. The molecule has 0 aromatic rings. The predicted molar refractivity (Wildman–Crippen MR) is 50.4 cm³/mol. The van der Waals surface area contributed by atoms with Gasteiger partial charge in [-0.3, -0.25) is 9.35 Å². The number of rotatable bonds is 5. The summed E-state index contributed by atoms with van der Waals surface area (Å²) in [4.78, 5) is 9.70. The minimum atomic E-state index is -4.57. The van der Waals surface area contributed by atoms with Gasteiger partial charge >= 0.3 is 16.4 Å². The zero-order valence-corrected chi connectivity index (χ0v) is 9.03. The van der Waals surface area contributed by atoms with Crippen LogP contribution >= 0.6 is 0 Å². The second-order valence-corrected chi connectivity index (χ2v) is 3.22. The van der Waals surface area contributed by atoms with Crippen molar-refractivity contribution in [2.45, 2.75) is 6.92 Å². The molecule has 0 saturated heterocycles. The first kappa shape index (κ1) is 16.7. The summed E-state index contributed by atoms with van der Waals surface area (Å²) in [6, 6.07) is 0. The molecule has 9 heteroatoms. The van der Waals surface area contributed by atoms with Crippen molar-refractivity contribution in [2.24, 2.45) is 0 Å². The van der Waals surface area contributed by atoms with E-state index in [-0.39, 0.29) is 13.2 Å². The van der Waals surface area contributed by atoms with Gasteiger partial charge in [0.05, 0.1) is 13.2 Å². The molecule has 0 bridgehead atoms. The van der Waals surface area contributed by atoms with Crippen molar-refractivity contribution in [3.05, 3.63) is 0 Å². The molecular weight excluding hydrogens is 230 g/mol. The van der Waals surface area contributed by atoms with Crippen LogP contribution in [0.3, 0.4) is 0 Å². The van der Waals surface area contributed by atoms with Crippen molar-refractivity contribution < 1.29 is 32.2 Å². The van der Waals surface area contributed by atoms with E-state index in [1.165, 1.54) is 0 Å². The van der Waals surface area contributed by atoms with Crippen molar-refractivity contribution in [2.75, 3.05) is 26.3 Å². The maximum absolute atomic E-state index is 9.70. The summed E-state index contributed by atoms with van der Waals surface area (Å²) in [5, 5.41) is 19.1. The molecule has 0 radical (unpaired) electrons. The first-order valence-electron chi connectivity index (χ1n) is 3.93. The van der Waals surface area contributed by atoms with Crippen LogP contribution in [0, 0.1) is 0 Å². The van der Waals surface area contributed by atoms with E-state index in [4.69, 9.17) is 14.8 Å². The van der Waals surface area contributed by atoms with Gasteiger partial charge in [-0.1, -0.05) is 0 Å². The maximum atomic E-state index is 9.70. The Morgan fingerprint density at radius 1 is 1.27 bits per heavy atom. The van der Waals surface area contributed by atoms with Gasteiger partial charge in [0.15, 0.2) is 0 Å². The quantitative estimate of drug-likeness (QED) is 0.320. The molecule has 0 heterocycles. The van der Waals surface area contributed by atoms with Crippen LogP contribution in [0.5, 0.6) is 0 Å². The molecule has 0 aliphatic rings. The fourth-order valence-electron chi connectivity index (χ4n) is 0.431. The number of aliphatic hydroxyl groups is 2. The fraction of sp³-hybridized carbons (Fsp3) is 0.833. The third kappa shape index (κ3) is 24.6. The normalized spacial score (nSPS) is 10.1. The number of carbonyl (C=O) groups excluding carboxylic acids is 1. The number of carbonyl (C=O) groups is 1. The first-order chi connectivity index (χ1) is 6.83. The van der Waals surface area contributed by atoms with E-state index in [0.29, 0.717) is 13.1 Å². The molecule has 0 aliphatic heterocycles. The SMILES string of the molecule is CC(=O)OS(=O)(=O)O.OCCNCCO. The average Bonchev–Trinajstić information content (AvgIpc) is 2.01. The Bertz CT molecular complexity index is 246. The molecule has 4 N–H and O–H groups in total. The third-order valence-corrected chi connectivity index (χ3v) is 1.25. The Balaban J connectivity index is 0. The molecule has 0 unspecified atom stereocenters. The minimum Gasteiger partial charge on any atom is -0.395 e. The molecular formula is C6H15NO7S. The van der Waals surface area contributed by atoms with Crippen molar-refractivity contribution in [1.29, 1.82) is 0 Å². The fourth-order valence-corrected chi connectivity index (χ4v) is 0.728. The van der Waals surface area contributed by atoms with Crippen LogP contribution in [0.2, 0.25) is 0 Å². The molecule has 0 rings (SSSR count). The first-order valence-corrected chi connectivity index (χ1v) is 5.30. The van der Waals surface area contributed by atoms with E-state index >= 15 is 0 Å². The molecule has 15 heavy (non-hydrogen) atoms. The maximum Gasteiger partial charge on any atom is 0.448 e. The van der Waals surface area contributed by atoms with Crippen molar-refractivity contribution >= 4 is 16.4 Å². The molecule has 0 aliphatic carbocycles. The van der Waals surface area contributed by atoms with Crippen LogP contribution in [-0.2, 0) is 19.4 Å². The van der Waals surface area contributed by atoms with Crippen LogP contribution < -0.4 is 5.32 Å². The Morgan fingerprint density at radius 3 is 1.80 bits per heavy atom. The summed E-state index contributed by atoms with van der Waals surface area (Å²) >= 11 is 0. The van der Waals surface area contributed by atoms with Gasteiger partial charge in [0.1, 0.15) is 0 Å². The molecule has 8 nitrogen and oxygen atoms in total. The highest BCUT2D eigenvalue weighted by molar-refractivity contribution is 7.81. The largest absolute Gasteiger partial charge is 0.448 e. The Labute approximate surface area is 87.8 Å². The van der Waals surface area contributed by atoms with E-state index in [9.17, 15) is 13.2 Å². The minimum absolute atomic E-state index is 0.139. The second kappa shape index (κ2) is 9.80. The Hall–Kier alpha value is -0.740. The molecule has 0 aromatic carbocycles. The average molecular weight is 245 g/mol. The summed E-state index contributed by atoms with van der Waals surface area (Å²) in [6.45, 7) is 2.29. The number of aliphatic hydroxyl groups excluding tert-OH is 2. The van der Waals surface area contributed by atoms with Crippen LogP contribution in [0.25, 0.3) is 0 Å². The highest BCUT2D eigenvalue weighted by Crippen LogP contribution is 1.84. The van der Waals surface area contributed by atoms with Gasteiger partial charge < -0.3 is 19.7 Å². The Morgan fingerprint density at radius 2 is 1.67 bits per heavy atom. The molecule has 0 spiro atoms. The number of hydrogen-bond donors (Lipinski definition) is 4. The Kier molecular flexibility index (Phi) is 10.9. The van der Waals surface area contributed by atoms with Gasteiger partial charge in [-0.2, -0.15) is 8.42 Å². The van der Waals surface area contributed by atoms with E-state index in [2.05, 4.69) is 9.50 Å². The molecule has 0 amide bonds. The lowest BCUT2D eigenvalue weighted by Crippen LogP contribution is -2.21. The lowest BCUT2D eigenvalue weighted by Gasteiger charge is -1.94. The van der Waals surface area contributed by atoms with Crippen molar-refractivity contribution in [3.8, 4) is 0 Å². The summed E-state index contributed by atoms with van der Waals surface area (Å²) in [5.41, 5.74) is 0. The van der Waals surface area contributed by atoms with E-state index < -0.39 is 16.4 Å². The third-order valence-electron chi connectivity index (χ3n) is 0.800. The van der Waals surface area contributed by atoms with Crippen LogP contribution in [0.15, 0.2) is 0 Å². The summed E-state index contributed by atoms with van der Waals surface area (Å²) in [5.74, 6) is -1.06. The zero-order valence-electron chi connectivity index (χ0n) is 8.21. The van der Waals surface area contributed by atoms with Gasteiger partial charge in [0.25, 0.3) is 0 Å². The number of nitrogens with one attached hydrogen (secondary N) is 1. The zero-order chi connectivity index (χ0) is 12.3. The molecule has 0 saturated carbocycles. The van der Waals surface area contributed by atoms with Gasteiger partial charge in [-0.15, -0.1) is 0 Å².